The summed E-state index contributed by atoms with van der Waals surface area (Å²) in [7, 11) is 0. The van der Waals surface area contributed by atoms with Crippen molar-refractivity contribution in [2.75, 3.05) is 13.1 Å². The molecule has 3 rings (SSSR count). The Hall–Kier alpha value is -2.15. The highest BCUT2D eigenvalue weighted by atomic mass is 16.6. The van der Waals surface area contributed by atoms with Crippen molar-refractivity contribution < 1.29 is 19.2 Å². The van der Waals surface area contributed by atoms with Gasteiger partial charge in [0.25, 0.3) is 5.69 Å². The van der Waals surface area contributed by atoms with Crippen LogP contribution < -0.4 is 0 Å². The van der Waals surface area contributed by atoms with Crippen LogP contribution in [0.4, 0.5) is 10.5 Å². The van der Waals surface area contributed by atoms with Crippen LogP contribution in [0.5, 0.6) is 0 Å². The number of piperidine rings is 1. The summed E-state index contributed by atoms with van der Waals surface area (Å²) in [5.74, 6) is 0. The number of ether oxygens (including phenoxy) is 2. The van der Waals surface area contributed by atoms with Gasteiger partial charge < -0.3 is 14.4 Å². The Morgan fingerprint density at radius 3 is 2.83 bits per heavy atom. The minimum atomic E-state index is -0.532. The number of nitro groups is 1. The lowest BCUT2D eigenvalue weighted by Gasteiger charge is -2.31. The van der Waals surface area contributed by atoms with E-state index in [1.807, 2.05) is 26.8 Å². The number of carbonyl (C=O) groups is 1. The van der Waals surface area contributed by atoms with Crippen molar-refractivity contribution in [3.8, 4) is 0 Å². The van der Waals surface area contributed by atoms with E-state index in [0.29, 0.717) is 19.5 Å². The Kier molecular flexibility index (Phi) is 3.55. The Bertz CT molecular complexity index is 654. The number of fused-ring (bicyclic) bond motifs is 1. The number of epoxide rings is 1. The fourth-order valence-electron chi connectivity index (χ4n) is 2.99. The highest BCUT2D eigenvalue weighted by Gasteiger charge is 2.61. The maximum Gasteiger partial charge on any atom is 0.410 e. The van der Waals surface area contributed by atoms with Crippen LogP contribution in [0.2, 0.25) is 0 Å². The summed E-state index contributed by atoms with van der Waals surface area (Å²) >= 11 is 0. The molecule has 0 radical (unpaired) electrons. The number of benzene rings is 1. The summed E-state index contributed by atoms with van der Waals surface area (Å²) in [5.41, 5.74) is -0.165. The first-order valence-electron chi connectivity index (χ1n) is 7.62. The summed E-state index contributed by atoms with van der Waals surface area (Å²) in [5, 5.41) is 10.9. The molecule has 0 saturated carbocycles. The molecule has 0 N–H and O–H groups in total. The SMILES string of the molecule is CC(C)(C)OC(=O)N1CCC2(c3cccc([N+](=O)[O-])c3)OC2C1. The number of rotatable bonds is 2. The highest BCUT2D eigenvalue weighted by Crippen LogP contribution is 2.52. The standard InChI is InChI=1S/C16H20N2O5/c1-15(2,3)23-14(19)17-8-7-16(13(10-17)22-16)11-5-4-6-12(9-11)18(20)21/h4-6,9,13H,7-8,10H2,1-3H3. The molecule has 2 aliphatic heterocycles. The normalized spacial score (nSPS) is 26.4. The van der Waals surface area contributed by atoms with Crippen LogP contribution in [0, 0.1) is 10.1 Å². The lowest BCUT2D eigenvalue weighted by molar-refractivity contribution is -0.385. The third-order valence-electron chi connectivity index (χ3n) is 4.15. The molecule has 0 aromatic heterocycles. The van der Waals surface area contributed by atoms with Gasteiger partial charge >= 0.3 is 6.09 Å². The molecule has 2 unspecified atom stereocenters. The van der Waals surface area contributed by atoms with Crippen molar-refractivity contribution in [1.82, 2.24) is 4.90 Å². The zero-order valence-electron chi connectivity index (χ0n) is 13.4. The van der Waals surface area contributed by atoms with Gasteiger partial charge in [-0.1, -0.05) is 12.1 Å². The summed E-state index contributed by atoms with van der Waals surface area (Å²) < 4.78 is 11.2. The van der Waals surface area contributed by atoms with E-state index in [1.165, 1.54) is 6.07 Å². The zero-order chi connectivity index (χ0) is 16.8. The van der Waals surface area contributed by atoms with Crippen molar-refractivity contribution in [2.45, 2.75) is 44.5 Å². The molecule has 1 aromatic rings. The maximum atomic E-state index is 12.1. The van der Waals surface area contributed by atoms with E-state index in [4.69, 9.17) is 9.47 Å². The molecular weight excluding hydrogens is 300 g/mol. The third-order valence-corrected chi connectivity index (χ3v) is 4.15. The molecular formula is C16H20N2O5. The molecule has 7 nitrogen and oxygen atoms in total. The number of non-ortho nitro benzene ring substituents is 1. The molecule has 2 atom stereocenters. The van der Waals surface area contributed by atoms with E-state index >= 15 is 0 Å². The van der Waals surface area contributed by atoms with Crippen LogP contribution in [0.15, 0.2) is 24.3 Å². The first-order chi connectivity index (χ1) is 10.7. The lowest BCUT2D eigenvalue weighted by atomic mass is 9.89. The van der Waals surface area contributed by atoms with Gasteiger partial charge in [0, 0.05) is 25.1 Å². The van der Waals surface area contributed by atoms with Crippen molar-refractivity contribution in [2.24, 2.45) is 0 Å². The quantitative estimate of drug-likeness (QED) is 0.475. The van der Waals surface area contributed by atoms with Crippen LogP contribution in [-0.2, 0) is 15.1 Å². The number of hydrogen-bond donors (Lipinski definition) is 0. The lowest BCUT2D eigenvalue weighted by Crippen LogP contribution is -2.44. The molecule has 2 fully saturated rings. The van der Waals surface area contributed by atoms with Crippen LogP contribution in [0.1, 0.15) is 32.8 Å². The minimum Gasteiger partial charge on any atom is -0.444 e. The van der Waals surface area contributed by atoms with Crippen molar-refractivity contribution >= 4 is 11.8 Å². The van der Waals surface area contributed by atoms with E-state index in [-0.39, 0.29) is 17.9 Å². The molecule has 1 aromatic carbocycles. The largest absolute Gasteiger partial charge is 0.444 e. The number of carbonyl (C=O) groups excluding carboxylic acids is 1. The molecule has 124 valence electrons. The van der Waals surface area contributed by atoms with Crippen LogP contribution in [0.3, 0.4) is 0 Å². The van der Waals surface area contributed by atoms with Gasteiger partial charge in [0.15, 0.2) is 0 Å². The summed E-state index contributed by atoms with van der Waals surface area (Å²) in [6, 6.07) is 6.54. The monoisotopic (exact) mass is 320 g/mol. The number of nitrogens with zero attached hydrogens (tertiary/aromatic N) is 2. The summed E-state index contributed by atoms with van der Waals surface area (Å²) in [6.45, 7) is 6.44. The minimum absolute atomic E-state index is 0.0562. The van der Waals surface area contributed by atoms with Crippen LogP contribution in [0.25, 0.3) is 0 Å². The third kappa shape index (κ3) is 3.01. The predicted molar refractivity (Wildman–Crippen MR) is 82.1 cm³/mol. The zero-order valence-corrected chi connectivity index (χ0v) is 13.4. The second kappa shape index (κ2) is 5.19. The van der Waals surface area contributed by atoms with Crippen LogP contribution >= 0.6 is 0 Å². The fraction of sp³-hybridized carbons (Fsp3) is 0.562. The molecule has 2 heterocycles. The van der Waals surface area contributed by atoms with Crippen LogP contribution in [-0.4, -0.2) is 40.7 Å². The van der Waals surface area contributed by atoms with E-state index in [2.05, 4.69) is 0 Å². The Morgan fingerprint density at radius 2 is 2.22 bits per heavy atom. The first kappa shape index (κ1) is 15.7. The number of nitro benzene ring substituents is 1. The average molecular weight is 320 g/mol. The van der Waals surface area contributed by atoms with Gasteiger partial charge in [0.1, 0.15) is 17.3 Å². The Morgan fingerprint density at radius 1 is 1.48 bits per heavy atom. The molecule has 0 aliphatic carbocycles. The predicted octanol–water partition coefficient (Wildman–Crippen LogP) is 2.83. The van der Waals surface area contributed by atoms with E-state index in [1.54, 1.807) is 17.0 Å². The average Bonchev–Trinajstić information content (AvgIpc) is 3.20. The van der Waals surface area contributed by atoms with Gasteiger partial charge in [-0.25, -0.2) is 4.79 Å². The van der Waals surface area contributed by atoms with E-state index in [9.17, 15) is 14.9 Å². The second-order valence-electron chi connectivity index (χ2n) is 6.98. The van der Waals surface area contributed by atoms with Crippen molar-refractivity contribution in [3.63, 3.8) is 0 Å². The van der Waals surface area contributed by atoms with Gasteiger partial charge in [-0.15, -0.1) is 0 Å². The highest BCUT2D eigenvalue weighted by molar-refractivity contribution is 5.68. The molecule has 7 heteroatoms. The maximum absolute atomic E-state index is 12.1. The first-order valence-corrected chi connectivity index (χ1v) is 7.62. The van der Waals surface area contributed by atoms with Gasteiger partial charge in [-0.2, -0.15) is 0 Å². The molecule has 0 spiro atoms. The Balaban J connectivity index is 1.70. The van der Waals surface area contributed by atoms with Gasteiger partial charge in [0.2, 0.25) is 0 Å². The van der Waals surface area contributed by atoms with Gasteiger partial charge in [0.05, 0.1) is 11.5 Å². The fourth-order valence-corrected chi connectivity index (χ4v) is 2.99. The number of amides is 1. The molecule has 0 bridgehead atoms. The van der Waals surface area contributed by atoms with Crippen molar-refractivity contribution in [3.05, 3.63) is 39.9 Å². The molecule has 2 aliphatic rings. The molecule has 1 amide bonds. The topological polar surface area (TPSA) is 85.2 Å². The Labute approximate surface area is 134 Å². The second-order valence-corrected chi connectivity index (χ2v) is 6.98. The van der Waals surface area contributed by atoms with Gasteiger partial charge in [-0.05, 0) is 26.3 Å². The number of likely N-dealkylation sites (tertiary alicyclic amines) is 1. The van der Waals surface area contributed by atoms with Crippen molar-refractivity contribution in [1.29, 1.82) is 0 Å². The van der Waals surface area contributed by atoms with E-state index in [0.717, 1.165) is 5.56 Å². The molecule has 23 heavy (non-hydrogen) atoms. The number of hydrogen-bond acceptors (Lipinski definition) is 5. The summed E-state index contributed by atoms with van der Waals surface area (Å²) in [6.07, 6.45) is 0.129. The molecule has 2 saturated heterocycles. The van der Waals surface area contributed by atoms with E-state index < -0.39 is 16.1 Å². The smallest absolute Gasteiger partial charge is 0.410 e. The van der Waals surface area contributed by atoms with Gasteiger partial charge in [-0.3, -0.25) is 10.1 Å². The summed E-state index contributed by atoms with van der Waals surface area (Å²) in [4.78, 5) is 24.3.